The number of carbonyl (C=O) groups excluding carboxylic acids is 5. The van der Waals surface area contributed by atoms with E-state index in [0.717, 1.165) is 16.9 Å². The van der Waals surface area contributed by atoms with E-state index in [-0.39, 0.29) is 29.9 Å². The summed E-state index contributed by atoms with van der Waals surface area (Å²) in [4.78, 5) is 65.9. The van der Waals surface area contributed by atoms with Gasteiger partial charge in [-0.1, -0.05) is 58.4 Å². The highest BCUT2D eigenvalue weighted by atomic mass is 32.2. The van der Waals surface area contributed by atoms with Crippen molar-refractivity contribution >= 4 is 53.1 Å². The van der Waals surface area contributed by atoms with Gasteiger partial charge in [0.25, 0.3) is 0 Å². The van der Waals surface area contributed by atoms with E-state index in [0.29, 0.717) is 50.2 Å². The molecule has 1 aromatic rings. The first-order valence-electron chi connectivity index (χ1n) is 15.9. The number of fused-ring (bicyclic) bond motifs is 2. The van der Waals surface area contributed by atoms with Crippen LogP contribution >= 0.6 is 23.5 Å². The Morgan fingerprint density at radius 3 is 2.20 bits per heavy atom. The molecule has 0 saturated carbocycles. The maximum Gasteiger partial charge on any atom is 0.243 e. The quantitative estimate of drug-likeness (QED) is 0.217. The monoisotopic (exact) mass is 664 g/mol. The lowest BCUT2D eigenvalue weighted by Crippen LogP contribution is -2.60. The first-order chi connectivity index (χ1) is 21.4. The molecule has 1 heterocycles. The molecule has 0 radical (unpaired) electrons. The minimum atomic E-state index is -0.951. The second-order valence-corrected chi connectivity index (χ2v) is 14.2. The van der Waals surface area contributed by atoms with Gasteiger partial charge in [-0.3, -0.25) is 24.0 Å². The van der Waals surface area contributed by atoms with E-state index in [1.807, 2.05) is 45.9 Å². The van der Waals surface area contributed by atoms with Crippen LogP contribution < -0.4 is 32.7 Å². The predicted molar refractivity (Wildman–Crippen MR) is 182 cm³/mol. The summed E-state index contributed by atoms with van der Waals surface area (Å²) >= 11 is 3.11. The summed E-state index contributed by atoms with van der Waals surface area (Å²) in [7, 11) is 0. The summed E-state index contributed by atoms with van der Waals surface area (Å²) in [6.45, 7) is 8.08. The Bertz CT molecular complexity index is 1140. The third-order valence-electron chi connectivity index (χ3n) is 7.68. The van der Waals surface area contributed by atoms with Crippen LogP contribution in [0, 0.1) is 11.8 Å². The summed E-state index contributed by atoms with van der Waals surface area (Å²) in [5.74, 6) is -0.383. The van der Waals surface area contributed by atoms with Gasteiger partial charge >= 0.3 is 0 Å². The molecule has 0 spiro atoms. The number of unbranched alkanes of at least 4 members (excludes halogenated alkanes) is 1. The Labute approximate surface area is 276 Å². The summed E-state index contributed by atoms with van der Waals surface area (Å²) < 4.78 is 0. The molecular weight excluding hydrogens is 613 g/mol. The number of benzene rings is 1. The van der Waals surface area contributed by atoms with Gasteiger partial charge in [0.15, 0.2) is 0 Å². The number of hydrogen-bond donors (Lipinski definition) is 6. The maximum atomic E-state index is 13.6. The highest BCUT2D eigenvalue weighted by molar-refractivity contribution is 7.98. The predicted octanol–water partition coefficient (Wildman–Crippen LogP) is 2.20. The van der Waals surface area contributed by atoms with Crippen LogP contribution in [0.1, 0.15) is 77.3 Å². The molecule has 5 atom stereocenters. The molecule has 13 heteroatoms. The van der Waals surface area contributed by atoms with Crippen molar-refractivity contribution in [3.05, 3.63) is 35.4 Å². The summed E-state index contributed by atoms with van der Waals surface area (Å²) in [5.41, 5.74) is 13.5. The third-order valence-corrected chi connectivity index (χ3v) is 9.82. The molecule has 0 saturated heterocycles. The zero-order valence-corrected chi connectivity index (χ0v) is 28.7. The molecule has 1 aliphatic rings. The molecule has 2 rings (SSSR count). The van der Waals surface area contributed by atoms with E-state index in [9.17, 15) is 24.0 Å². The van der Waals surface area contributed by atoms with E-state index in [1.54, 1.807) is 11.8 Å². The van der Waals surface area contributed by atoms with Crippen LogP contribution in [-0.2, 0) is 35.5 Å². The lowest BCUT2D eigenvalue weighted by atomic mass is 9.96. The van der Waals surface area contributed by atoms with Crippen LogP contribution in [0.4, 0.5) is 0 Å². The average Bonchev–Trinajstić information content (AvgIpc) is 2.99. The normalized spacial score (nSPS) is 23.9. The lowest BCUT2D eigenvalue weighted by molar-refractivity contribution is -0.135. The second kappa shape index (κ2) is 20.4. The molecule has 11 nitrogen and oxygen atoms in total. The summed E-state index contributed by atoms with van der Waals surface area (Å²) in [6, 6.07) is 4.46. The highest BCUT2D eigenvalue weighted by Gasteiger charge is 2.33. The van der Waals surface area contributed by atoms with Gasteiger partial charge in [-0.25, -0.2) is 0 Å². The Kier molecular flexibility index (Phi) is 17.4. The van der Waals surface area contributed by atoms with Gasteiger partial charge in [0.1, 0.15) is 24.2 Å². The van der Waals surface area contributed by atoms with Crippen molar-refractivity contribution in [3.63, 3.8) is 0 Å². The number of carbonyl (C=O) groups is 5. The average molecular weight is 665 g/mol. The smallest absolute Gasteiger partial charge is 0.243 e. The number of primary amides is 1. The standard InChI is InChI=1S/C32H52N6O5S2/c1-5-21(4)28-32(43)37-26(29(34)40)19-45-18-23-10-8-9-22(16-23)17-44-14-12-27(39)35-24(11-6-7-13-33)30(41)36-25(15-20(2)3)31(42)38-28/h8-10,16,20-21,24-26,28H,5-7,11-15,17-19,33H2,1-4H3,(H2,34,40)(H,35,39)(H,36,41)(H,37,43)(H,38,42)/t21-,24-,25-,26-,28-/m0/s1. The van der Waals surface area contributed by atoms with Crippen molar-refractivity contribution in [1.29, 1.82) is 0 Å². The molecule has 1 aliphatic heterocycles. The number of nitrogens with one attached hydrogen (secondary N) is 4. The zero-order chi connectivity index (χ0) is 33.4. The number of nitrogens with two attached hydrogens (primary N) is 2. The highest BCUT2D eigenvalue weighted by Crippen LogP contribution is 2.19. The molecule has 45 heavy (non-hydrogen) atoms. The Hall–Kier alpha value is -2.77. The van der Waals surface area contributed by atoms with E-state index in [1.165, 1.54) is 11.8 Å². The van der Waals surface area contributed by atoms with Crippen molar-refractivity contribution in [1.82, 2.24) is 21.3 Å². The molecular formula is C32H52N6O5S2. The second-order valence-electron chi connectivity index (χ2n) is 12.1. The molecule has 0 unspecified atom stereocenters. The molecule has 0 aromatic heterocycles. The van der Waals surface area contributed by atoms with Gasteiger partial charge in [0.2, 0.25) is 29.5 Å². The molecule has 252 valence electrons. The van der Waals surface area contributed by atoms with Crippen LogP contribution in [-0.4, -0.2) is 71.8 Å². The van der Waals surface area contributed by atoms with Crippen LogP contribution in [0.3, 0.4) is 0 Å². The summed E-state index contributed by atoms with van der Waals surface area (Å²) in [5, 5.41) is 11.3. The minimum absolute atomic E-state index is 0.0497. The van der Waals surface area contributed by atoms with Crippen molar-refractivity contribution in [3.8, 4) is 0 Å². The number of thioether (sulfide) groups is 2. The maximum absolute atomic E-state index is 13.6. The fourth-order valence-corrected chi connectivity index (χ4v) is 6.78. The van der Waals surface area contributed by atoms with Crippen molar-refractivity contribution in [2.45, 2.75) is 102 Å². The molecule has 5 amide bonds. The topological polar surface area (TPSA) is 186 Å². The molecule has 2 bridgehead atoms. The van der Waals surface area contributed by atoms with Crippen LogP contribution in [0.25, 0.3) is 0 Å². The van der Waals surface area contributed by atoms with Crippen molar-refractivity contribution in [2.75, 3.05) is 18.1 Å². The number of rotatable bonds is 9. The van der Waals surface area contributed by atoms with Gasteiger partial charge in [-0.2, -0.15) is 23.5 Å². The minimum Gasteiger partial charge on any atom is -0.368 e. The third kappa shape index (κ3) is 14.0. The first-order valence-corrected chi connectivity index (χ1v) is 18.2. The van der Waals surface area contributed by atoms with Crippen molar-refractivity contribution < 1.29 is 24.0 Å². The Morgan fingerprint density at radius 1 is 0.911 bits per heavy atom. The van der Waals surface area contributed by atoms with Crippen LogP contribution in [0.5, 0.6) is 0 Å². The van der Waals surface area contributed by atoms with Gasteiger partial charge in [-0.15, -0.1) is 0 Å². The van der Waals surface area contributed by atoms with Gasteiger partial charge in [-0.05, 0) is 55.2 Å². The van der Waals surface area contributed by atoms with E-state index >= 15 is 0 Å². The first kappa shape index (κ1) is 38.4. The number of amides is 5. The van der Waals surface area contributed by atoms with E-state index in [2.05, 4.69) is 27.3 Å². The van der Waals surface area contributed by atoms with E-state index in [4.69, 9.17) is 11.5 Å². The van der Waals surface area contributed by atoms with Crippen molar-refractivity contribution in [2.24, 2.45) is 23.3 Å². The lowest BCUT2D eigenvalue weighted by Gasteiger charge is -2.29. The molecule has 0 fully saturated rings. The fraction of sp³-hybridized carbons (Fsp3) is 0.656. The SMILES string of the molecule is CC[C@H](C)[C@@H]1NC(=O)[C@H](CC(C)C)NC(=O)[C@H](CCCCN)NC(=O)CCSCc2cccc(c2)CSC[C@@H](C(N)=O)NC1=O. The van der Waals surface area contributed by atoms with Crippen LogP contribution in [0.2, 0.25) is 0 Å². The molecule has 0 aliphatic carbocycles. The van der Waals surface area contributed by atoms with Gasteiger partial charge in [0, 0.05) is 29.4 Å². The molecule has 1 aromatic carbocycles. The fourth-order valence-electron chi connectivity index (χ4n) is 4.87. The van der Waals surface area contributed by atoms with Crippen LogP contribution in [0.15, 0.2) is 24.3 Å². The van der Waals surface area contributed by atoms with Gasteiger partial charge < -0.3 is 32.7 Å². The van der Waals surface area contributed by atoms with E-state index < -0.39 is 47.8 Å². The zero-order valence-electron chi connectivity index (χ0n) is 27.1. The molecule has 8 N–H and O–H groups in total. The Morgan fingerprint density at radius 2 is 1.58 bits per heavy atom. The largest absolute Gasteiger partial charge is 0.368 e. The summed E-state index contributed by atoms with van der Waals surface area (Å²) in [6.07, 6.45) is 2.87. The van der Waals surface area contributed by atoms with Gasteiger partial charge in [0.05, 0.1) is 0 Å². The Balaban J connectivity index is 2.39. The number of hydrogen-bond acceptors (Lipinski definition) is 8.